The van der Waals surface area contributed by atoms with E-state index in [1.807, 2.05) is 42.5 Å². The van der Waals surface area contributed by atoms with Gasteiger partial charge in [0.25, 0.3) is 0 Å². The molecule has 120 valence electrons. The molecule has 3 rings (SSSR count). The minimum atomic E-state index is -0.0436. The summed E-state index contributed by atoms with van der Waals surface area (Å²) in [6.45, 7) is 0. The number of benzene rings is 2. The zero-order valence-corrected chi connectivity index (χ0v) is 13.5. The highest BCUT2D eigenvalue weighted by molar-refractivity contribution is 6.30. The molecular weight excluding hydrogens is 310 g/mol. The summed E-state index contributed by atoms with van der Waals surface area (Å²) in [5.41, 5.74) is 8.71. The van der Waals surface area contributed by atoms with Crippen molar-refractivity contribution in [2.24, 2.45) is 0 Å². The van der Waals surface area contributed by atoms with Crippen LogP contribution in [0.4, 0.5) is 0 Å². The van der Waals surface area contributed by atoms with Crippen LogP contribution >= 0.6 is 11.6 Å². The number of hydrogen-bond acceptors (Lipinski definition) is 3. The van der Waals surface area contributed by atoms with Crippen molar-refractivity contribution in [2.45, 2.75) is 31.5 Å². The number of amides is 1. The maximum absolute atomic E-state index is 12.1. The zero-order valence-electron chi connectivity index (χ0n) is 12.8. The Balaban J connectivity index is 1.45. The number of hydrazine groups is 1. The molecule has 1 fully saturated rings. The standard InChI is InChI=1S/C18H20ClN3O/c19-15-9-6-13(7-10-15)8-11-18(23)20-17-12-16(21-22-17)14-4-2-1-3-5-14/h1-7,9-10,16-17,21-22H,8,11-12H2,(H,20,23). The topological polar surface area (TPSA) is 53.2 Å². The van der Waals surface area contributed by atoms with Gasteiger partial charge in [0.1, 0.15) is 0 Å². The Morgan fingerprint density at radius 3 is 2.57 bits per heavy atom. The summed E-state index contributed by atoms with van der Waals surface area (Å²) in [7, 11) is 0. The highest BCUT2D eigenvalue weighted by atomic mass is 35.5. The van der Waals surface area contributed by atoms with Crippen LogP contribution in [0.5, 0.6) is 0 Å². The number of halogens is 1. The Kier molecular flexibility index (Phi) is 5.28. The quantitative estimate of drug-likeness (QED) is 0.790. The second-order valence-electron chi connectivity index (χ2n) is 5.73. The predicted molar refractivity (Wildman–Crippen MR) is 91.8 cm³/mol. The molecule has 1 heterocycles. The minimum Gasteiger partial charge on any atom is -0.339 e. The molecule has 5 heteroatoms. The van der Waals surface area contributed by atoms with Crippen molar-refractivity contribution in [3.05, 3.63) is 70.7 Å². The molecule has 4 nitrogen and oxygen atoms in total. The van der Waals surface area contributed by atoms with E-state index in [0.29, 0.717) is 17.9 Å². The highest BCUT2D eigenvalue weighted by Crippen LogP contribution is 2.20. The highest BCUT2D eigenvalue weighted by Gasteiger charge is 2.25. The fraction of sp³-hybridized carbons (Fsp3) is 0.278. The SMILES string of the molecule is O=C(CCc1ccc(Cl)cc1)NC1CC(c2ccccc2)NN1. The number of nitrogens with one attached hydrogen (secondary N) is 3. The van der Waals surface area contributed by atoms with Gasteiger partial charge in [-0.15, -0.1) is 0 Å². The fourth-order valence-corrected chi connectivity index (χ4v) is 2.86. The summed E-state index contributed by atoms with van der Waals surface area (Å²) in [4.78, 5) is 12.1. The molecule has 0 saturated carbocycles. The number of rotatable bonds is 5. The Morgan fingerprint density at radius 2 is 1.83 bits per heavy atom. The molecule has 3 N–H and O–H groups in total. The maximum Gasteiger partial charge on any atom is 0.221 e. The lowest BCUT2D eigenvalue weighted by Gasteiger charge is -2.12. The molecule has 1 aliphatic heterocycles. The van der Waals surface area contributed by atoms with Gasteiger partial charge >= 0.3 is 0 Å². The van der Waals surface area contributed by atoms with Crippen LogP contribution < -0.4 is 16.2 Å². The van der Waals surface area contributed by atoms with E-state index in [1.54, 1.807) is 0 Å². The fourth-order valence-electron chi connectivity index (χ4n) is 2.73. The van der Waals surface area contributed by atoms with Crippen molar-refractivity contribution in [1.82, 2.24) is 16.2 Å². The van der Waals surface area contributed by atoms with E-state index in [9.17, 15) is 4.79 Å². The molecule has 23 heavy (non-hydrogen) atoms. The van der Waals surface area contributed by atoms with E-state index in [4.69, 9.17) is 11.6 Å². The van der Waals surface area contributed by atoms with Gasteiger partial charge in [0.2, 0.25) is 5.91 Å². The third-order valence-electron chi connectivity index (χ3n) is 3.99. The average Bonchev–Trinajstić information content (AvgIpc) is 3.04. The summed E-state index contributed by atoms with van der Waals surface area (Å²) < 4.78 is 0. The summed E-state index contributed by atoms with van der Waals surface area (Å²) in [6, 6.07) is 18.0. The molecular formula is C18H20ClN3O. The van der Waals surface area contributed by atoms with Crippen LogP contribution in [0, 0.1) is 0 Å². The molecule has 0 aliphatic carbocycles. The van der Waals surface area contributed by atoms with Gasteiger partial charge < -0.3 is 5.32 Å². The number of hydrogen-bond donors (Lipinski definition) is 3. The van der Waals surface area contributed by atoms with Crippen molar-refractivity contribution in [3.63, 3.8) is 0 Å². The van der Waals surface area contributed by atoms with E-state index in [2.05, 4.69) is 28.3 Å². The lowest BCUT2D eigenvalue weighted by molar-refractivity contribution is -0.121. The van der Waals surface area contributed by atoms with E-state index in [-0.39, 0.29) is 18.1 Å². The van der Waals surface area contributed by atoms with Gasteiger partial charge in [0.05, 0.1) is 6.17 Å². The number of aryl methyl sites for hydroxylation is 1. The molecule has 1 amide bonds. The predicted octanol–water partition coefficient (Wildman–Crippen LogP) is 2.95. The molecule has 0 aromatic heterocycles. The van der Waals surface area contributed by atoms with Crippen LogP contribution in [0.1, 0.15) is 30.0 Å². The van der Waals surface area contributed by atoms with Crippen LogP contribution in [0.2, 0.25) is 5.02 Å². The van der Waals surface area contributed by atoms with E-state index < -0.39 is 0 Å². The largest absolute Gasteiger partial charge is 0.339 e. The van der Waals surface area contributed by atoms with E-state index >= 15 is 0 Å². The summed E-state index contributed by atoms with van der Waals surface area (Å²) in [5, 5.41) is 3.74. The van der Waals surface area contributed by atoms with Crippen LogP contribution in [0.25, 0.3) is 0 Å². The van der Waals surface area contributed by atoms with Crippen LogP contribution in [0.15, 0.2) is 54.6 Å². The molecule has 0 bridgehead atoms. The molecule has 2 unspecified atom stereocenters. The average molecular weight is 330 g/mol. The Labute approximate surface area is 141 Å². The van der Waals surface area contributed by atoms with Crippen molar-refractivity contribution >= 4 is 17.5 Å². The molecule has 2 aromatic rings. The van der Waals surface area contributed by atoms with E-state index in [1.165, 1.54) is 5.56 Å². The number of carbonyl (C=O) groups is 1. The van der Waals surface area contributed by atoms with Crippen LogP contribution in [-0.4, -0.2) is 12.1 Å². The normalized spacial score (nSPS) is 20.4. The minimum absolute atomic E-state index is 0.0436. The van der Waals surface area contributed by atoms with Gasteiger partial charge in [0, 0.05) is 23.9 Å². The Morgan fingerprint density at radius 1 is 1.09 bits per heavy atom. The first kappa shape index (κ1) is 16.0. The van der Waals surface area contributed by atoms with Crippen molar-refractivity contribution in [1.29, 1.82) is 0 Å². The van der Waals surface area contributed by atoms with Gasteiger partial charge in [-0.1, -0.05) is 54.1 Å². The molecule has 0 radical (unpaired) electrons. The first-order valence-electron chi connectivity index (χ1n) is 7.80. The molecule has 0 spiro atoms. The van der Waals surface area contributed by atoms with Gasteiger partial charge in [-0.05, 0) is 29.7 Å². The smallest absolute Gasteiger partial charge is 0.221 e. The maximum atomic E-state index is 12.1. The Bertz CT molecular complexity index is 645. The second kappa shape index (κ2) is 7.59. The van der Waals surface area contributed by atoms with E-state index in [0.717, 1.165) is 12.0 Å². The number of carbonyl (C=O) groups excluding carboxylic acids is 1. The van der Waals surface area contributed by atoms with Crippen LogP contribution in [-0.2, 0) is 11.2 Å². The lowest BCUT2D eigenvalue weighted by atomic mass is 10.0. The second-order valence-corrected chi connectivity index (χ2v) is 6.17. The van der Waals surface area contributed by atoms with Crippen molar-refractivity contribution in [3.8, 4) is 0 Å². The third-order valence-corrected chi connectivity index (χ3v) is 4.25. The monoisotopic (exact) mass is 329 g/mol. The van der Waals surface area contributed by atoms with Crippen molar-refractivity contribution in [2.75, 3.05) is 0 Å². The first-order valence-corrected chi connectivity index (χ1v) is 8.18. The van der Waals surface area contributed by atoms with Gasteiger partial charge in [-0.3, -0.25) is 4.79 Å². The van der Waals surface area contributed by atoms with Gasteiger partial charge in [-0.25, -0.2) is 10.9 Å². The lowest BCUT2D eigenvalue weighted by Crippen LogP contribution is -2.44. The molecule has 2 aromatic carbocycles. The zero-order chi connectivity index (χ0) is 16.1. The van der Waals surface area contributed by atoms with Gasteiger partial charge in [0.15, 0.2) is 0 Å². The molecule has 1 saturated heterocycles. The molecule has 2 atom stereocenters. The van der Waals surface area contributed by atoms with Gasteiger partial charge in [-0.2, -0.15) is 0 Å². The summed E-state index contributed by atoms with van der Waals surface area (Å²) in [5.74, 6) is 0.0490. The summed E-state index contributed by atoms with van der Waals surface area (Å²) >= 11 is 5.86. The first-order chi connectivity index (χ1) is 11.2. The summed E-state index contributed by atoms with van der Waals surface area (Å²) in [6.07, 6.45) is 1.97. The van der Waals surface area contributed by atoms with Crippen LogP contribution in [0.3, 0.4) is 0 Å². The molecule has 1 aliphatic rings. The van der Waals surface area contributed by atoms with Crippen molar-refractivity contribution < 1.29 is 4.79 Å². The third kappa shape index (κ3) is 4.55. The Hall–Kier alpha value is -1.88.